The summed E-state index contributed by atoms with van der Waals surface area (Å²) >= 11 is 1.63. The molecule has 4 aromatic rings. The molecule has 2 aliphatic heterocycles. The topological polar surface area (TPSA) is 140 Å². The van der Waals surface area contributed by atoms with Crippen molar-refractivity contribution >= 4 is 43.2 Å². The number of thiophene rings is 1. The van der Waals surface area contributed by atoms with E-state index in [0.29, 0.717) is 50.1 Å². The number of nitrogens with zero attached hydrogens (tertiary/aromatic N) is 8. The van der Waals surface area contributed by atoms with Crippen LogP contribution in [-0.4, -0.2) is 89.2 Å². The molecule has 13 nitrogen and oxygen atoms in total. The first kappa shape index (κ1) is 25.9. The summed E-state index contributed by atoms with van der Waals surface area (Å²) in [7, 11) is -2.10. The van der Waals surface area contributed by atoms with Crippen LogP contribution in [0.2, 0.25) is 0 Å². The van der Waals surface area contributed by atoms with Gasteiger partial charge in [0, 0.05) is 54.9 Å². The Morgan fingerprint density at radius 1 is 1.18 bits per heavy atom. The molecule has 1 fully saturated rings. The summed E-state index contributed by atoms with van der Waals surface area (Å²) in [6.07, 6.45) is 4.53. The molecule has 0 spiro atoms. The maximum absolute atomic E-state index is 12.0. The van der Waals surface area contributed by atoms with E-state index in [0.717, 1.165) is 52.4 Å². The van der Waals surface area contributed by atoms with Gasteiger partial charge >= 0.3 is 0 Å². The second kappa shape index (κ2) is 10.3. The van der Waals surface area contributed by atoms with Crippen LogP contribution in [0.5, 0.6) is 5.88 Å². The third-order valence-corrected chi connectivity index (χ3v) is 8.56. The summed E-state index contributed by atoms with van der Waals surface area (Å²) in [6.45, 7) is 7.86. The van der Waals surface area contributed by atoms with Crippen LogP contribution in [0, 0.1) is 6.92 Å². The van der Waals surface area contributed by atoms with Crippen molar-refractivity contribution in [1.29, 1.82) is 0 Å². The third-order valence-electron chi connectivity index (χ3n) is 6.83. The number of fused-ring (bicyclic) bond motifs is 2. The molecule has 0 aliphatic carbocycles. The SMILES string of the molecule is COc1ncc(-c2nc(N3CCOCC3)nc3c(CN4CCn5cnnc5C4)c(C)sc23)cc1NS(C)(=O)=O. The van der Waals surface area contributed by atoms with Gasteiger partial charge in [0.15, 0.2) is 0 Å². The van der Waals surface area contributed by atoms with Crippen molar-refractivity contribution in [2.24, 2.45) is 0 Å². The summed E-state index contributed by atoms with van der Waals surface area (Å²) in [4.78, 5) is 20.1. The molecule has 0 aromatic carbocycles. The predicted octanol–water partition coefficient (Wildman–Crippen LogP) is 1.89. The normalized spacial score (nSPS) is 16.4. The van der Waals surface area contributed by atoms with Gasteiger partial charge in [-0.3, -0.25) is 9.62 Å². The Morgan fingerprint density at radius 3 is 2.77 bits per heavy atom. The van der Waals surface area contributed by atoms with Gasteiger partial charge in [-0.05, 0) is 13.0 Å². The average molecular weight is 572 g/mol. The molecule has 0 atom stereocenters. The van der Waals surface area contributed by atoms with Crippen LogP contribution in [0.4, 0.5) is 11.6 Å². The second-order valence-corrected chi connectivity index (χ2v) is 12.6. The number of sulfonamides is 1. The number of rotatable bonds is 7. The molecule has 0 bridgehead atoms. The molecule has 1 N–H and O–H groups in total. The summed E-state index contributed by atoms with van der Waals surface area (Å²) < 4.78 is 40.5. The van der Waals surface area contributed by atoms with Crippen molar-refractivity contribution in [2.45, 2.75) is 26.6 Å². The highest BCUT2D eigenvalue weighted by molar-refractivity contribution is 7.92. The number of hydrogen-bond acceptors (Lipinski definition) is 12. The molecule has 6 rings (SSSR count). The van der Waals surface area contributed by atoms with Crippen LogP contribution in [0.25, 0.3) is 21.5 Å². The van der Waals surface area contributed by atoms with Crippen molar-refractivity contribution in [3.8, 4) is 17.1 Å². The highest BCUT2D eigenvalue weighted by atomic mass is 32.2. The first-order valence-corrected chi connectivity index (χ1v) is 15.2. The number of ether oxygens (including phenoxy) is 2. The van der Waals surface area contributed by atoms with Crippen LogP contribution in [0.1, 0.15) is 16.3 Å². The third kappa shape index (κ3) is 5.26. The van der Waals surface area contributed by atoms with Gasteiger partial charge in [0.25, 0.3) is 0 Å². The van der Waals surface area contributed by atoms with Gasteiger partial charge in [-0.25, -0.2) is 23.4 Å². The smallest absolute Gasteiger partial charge is 0.238 e. The Labute approximate surface area is 229 Å². The van der Waals surface area contributed by atoms with Gasteiger partial charge in [0.05, 0.1) is 49.0 Å². The summed E-state index contributed by atoms with van der Waals surface area (Å²) in [5, 5.41) is 8.31. The number of anilines is 2. The Bertz CT molecular complexity index is 1630. The molecular formula is C24H29N9O4S2. The van der Waals surface area contributed by atoms with E-state index in [-0.39, 0.29) is 11.6 Å². The predicted molar refractivity (Wildman–Crippen MR) is 148 cm³/mol. The molecule has 0 amide bonds. The van der Waals surface area contributed by atoms with E-state index in [1.807, 2.05) is 0 Å². The Balaban J connectivity index is 1.46. The zero-order valence-electron chi connectivity index (χ0n) is 21.9. The molecule has 206 valence electrons. The van der Waals surface area contributed by atoms with Crippen LogP contribution in [0.3, 0.4) is 0 Å². The molecule has 1 saturated heterocycles. The van der Waals surface area contributed by atoms with E-state index < -0.39 is 10.0 Å². The van der Waals surface area contributed by atoms with E-state index >= 15 is 0 Å². The van der Waals surface area contributed by atoms with E-state index in [2.05, 4.69) is 41.2 Å². The maximum Gasteiger partial charge on any atom is 0.238 e. The van der Waals surface area contributed by atoms with E-state index in [1.54, 1.807) is 29.9 Å². The van der Waals surface area contributed by atoms with E-state index in [1.165, 1.54) is 7.11 Å². The van der Waals surface area contributed by atoms with Crippen LogP contribution >= 0.6 is 11.3 Å². The molecular weight excluding hydrogens is 542 g/mol. The molecule has 0 saturated carbocycles. The van der Waals surface area contributed by atoms with Gasteiger partial charge in [-0.2, -0.15) is 0 Å². The number of nitrogens with one attached hydrogen (secondary N) is 1. The number of aromatic nitrogens is 6. The van der Waals surface area contributed by atoms with Gasteiger partial charge < -0.3 is 18.9 Å². The Morgan fingerprint density at radius 2 is 2.00 bits per heavy atom. The average Bonchev–Trinajstić information content (AvgIpc) is 3.51. The fraction of sp³-hybridized carbons (Fsp3) is 0.458. The van der Waals surface area contributed by atoms with Crippen molar-refractivity contribution < 1.29 is 17.9 Å². The molecule has 2 aliphatic rings. The quantitative estimate of drug-likeness (QED) is 0.348. The first-order chi connectivity index (χ1) is 18.8. The number of hydrogen-bond donors (Lipinski definition) is 1. The van der Waals surface area contributed by atoms with Crippen LogP contribution < -0.4 is 14.4 Å². The lowest BCUT2D eigenvalue weighted by Crippen LogP contribution is -2.37. The van der Waals surface area contributed by atoms with Gasteiger partial charge in [0.1, 0.15) is 17.8 Å². The molecule has 0 radical (unpaired) electrons. The number of pyridine rings is 1. The summed E-state index contributed by atoms with van der Waals surface area (Å²) in [5.74, 6) is 1.76. The lowest BCUT2D eigenvalue weighted by Gasteiger charge is -2.28. The van der Waals surface area contributed by atoms with Gasteiger partial charge in [-0.15, -0.1) is 21.5 Å². The number of methoxy groups -OCH3 is 1. The fourth-order valence-corrected chi connectivity index (χ4v) is 6.56. The Hall–Kier alpha value is -3.40. The summed E-state index contributed by atoms with van der Waals surface area (Å²) in [6, 6.07) is 1.71. The van der Waals surface area contributed by atoms with Crippen molar-refractivity contribution in [1.82, 2.24) is 34.6 Å². The van der Waals surface area contributed by atoms with Crippen LogP contribution in [0.15, 0.2) is 18.6 Å². The van der Waals surface area contributed by atoms with Crippen molar-refractivity contribution in [2.75, 3.05) is 55.8 Å². The molecule has 15 heteroatoms. The first-order valence-electron chi connectivity index (χ1n) is 12.5. The minimum Gasteiger partial charge on any atom is -0.480 e. The number of aryl methyl sites for hydroxylation is 1. The zero-order valence-corrected chi connectivity index (χ0v) is 23.5. The second-order valence-electron chi connectivity index (χ2n) is 9.59. The van der Waals surface area contributed by atoms with Crippen molar-refractivity contribution in [3.63, 3.8) is 0 Å². The molecule has 6 heterocycles. The standard InChI is InChI=1S/C24H29N9O4S2/c1-15-17(12-31-4-5-33-14-26-29-19(33)13-31)21-22(38-15)20(27-24(28-21)32-6-8-37-9-7-32)16-10-18(30-39(3,34)35)23(36-2)25-11-16/h10-11,14,30H,4-9,12-13H2,1-3H3. The largest absolute Gasteiger partial charge is 0.480 e. The summed E-state index contributed by atoms with van der Waals surface area (Å²) in [5.41, 5.74) is 3.67. The fourth-order valence-electron chi connectivity index (χ4n) is 4.90. The lowest BCUT2D eigenvalue weighted by molar-refractivity contribution is 0.122. The van der Waals surface area contributed by atoms with Gasteiger partial charge in [0.2, 0.25) is 21.9 Å². The van der Waals surface area contributed by atoms with Gasteiger partial charge in [-0.1, -0.05) is 0 Å². The maximum atomic E-state index is 12.0. The Kier molecular flexibility index (Phi) is 6.82. The highest BCUT2D eigenvalue weighted by Crippen LogP contribution is 2.39. The monoisotopic (exact) mass is 571 g/mol. The number of morpholine rings is 1. The minimum atomic E-state index is -3.55. The van der Waals surface area contributed by atoms with E-state index in [4.69, 9.17) is 19.4 Å². The van der Waals surface area contributed by atoms with E-state index in [9.17, 15) is 8.42 Å². The lowest BCUT2D eigenvalue weighted by atomic mass is 10.1. The minimum absolute atomic E-state index is 0.184. The molecule has 39 heavy (non-hydrogen) atoms. The van der Waals surface area contributed by atoms with Crippen molar-refractivity contribution in [3.05, 3.63) is 34.9 Å². The molecule has 0 unspecified atom stereocenters. The highest BCUT2D eigenvalue weighted by Gasteiger charge is 2.25. The zero-order chi connectivity index (χ0) is 27.1. The van der Waals surface area contributed by atoms with Crippen LogP contribution in [-0.2, 0) is 34.4 Å². The molecule has 4 aromatic heterocycles.